The Morgan fingerprint density at radius 1 is 1.00 bits per heavy atom. The maximum atomic E-state index is 13.3. The van der Waals surface area contributed by atoms with Crippen LogP contribution < -0.4 is 15.7 Å². The lowest BCUT2D eigenvalue weighted by molar-refractivity contribution is -0.117. The van der Waals surface area contributed by atoms with Crippen molar-refractivity contribution in [1.29, 1.82) is 0 Å². The van der Waals surface area contributed by atoms with Gasteiger partial charge in [0, 0.05) is 18.5 Å². The molecule has 7 heteroatoms. The van der Waals surface area contributed by atoms with Gasteiger partial charge >= 0.3 is 0 Å². The lowest BCUT2D eigenvalue weighted by atomic mass is 9.99. The summed E-state index contributed by atoms with van der Waals surface area (Å²) in [6, 6.07) is 20.0. The highest BCUT2D eigenvalue weighted by Crippen LogP contribution is 2.34. The molecule has 0 saturated carbocycles. The van der Waals surface area contributed by atoms with Crippen LogP contribution in [0, 0.1) is 5.82 Å². The van der Waals surface area contributed by atoms with Gasteiger partial charge in [0.05, 0.1) is 11.4 Å². The molecule has 3 aromatic rings. The minimum Gasteiger partial charge on any atom is -0.353 e. The maximum absolute atomic E-state index is 13.3. The summed E-state index contributed by atoms with van der Waals surface area (Å²) in [7, 11) is 0. The van der Waals surface area contributed by atoms with E-state index in [-0.39, 0.29) is 11.7 Å². The third-order valence-corrected chi connectivity index (χ3v) is 5.16. The van der Waals surface area contributed by atoms with Crippen molar-refractivity contribution in [2.75, 3.05) is 10.2 Å². The molecule has 3 aromatic carbocycles. The predicted molar refractivity (Wildman–Crippen MR) is 111 cm³/mol. The summed E-state index contributed by atoms with van der Waals surface area (Å²) in [5, 5.41) is 11.7. The van der Waals surface area contributed by atoms with E-state index in [0.717, 1.165) is 22.5 Å². The smallest absolute Gasteiger partial charge is 0.274 e. The Labute approximate surface area is 172 Å². The summed E-state index contributed by atoms with van der Waals surface area (Å²) in [6.45, 7) is 0.442. The third-order valence-electron chi connectivity index (χ3n) is 5.16. The molecule has 0 aromatic heterocycles. The zero-order valence-corrected chi connectivity index (χ0v) is 16.0. The van der Waals surface area contributed by atoms with Crippen molar-refractivity contribution in [1.82, 2.24) is 5.48 Å². The van der Waals surface area contributed by atoms with Crippen LogP contribution in [0.2, 0.25) is 0 Å². The predicted octanol–water partition coefficient (Wildman–Crippen LogP) is 3.51. The van der Waals surface area contributed by atoms with Crippen molar-refractivity contribution >= 4 is 23.2 Å². The standard InChI is InChI=1S/C23H20FN3O3/c24-18-11-7-15(8-12-18)13-21-23(29)25-19-3-1-2-4-20(19)27(21)14-16-5-9-17(10-6-16)22(28)26-30/h1-12,21,30H,13-14H2,(H,25,29)(H,26,28)/t21-/m1/s1. The highest BCUT2D eigenvalue weighted by Gasteiger charge is 2.32. The molecule has 0 fully saturated rings. The summed E-state index contributed by atoms with van der Waals surface area (Å²) >= 11 is 0. The molecule has 1 aliphatic heterocycles. The number of nitrogens with one attached hydrogen (secondary N) is 2. The van der Waals surface area contributed by atoms with Crippen LogP contribution in [-0.4, -0.2) is 23.1 Å². The summed E-state index contributed by atoms with van der Waals surface area (Å²) in [5.74, 6) is -1.03. The zero-order valence-electron chi connectivity index (χ0n) is 16.0. The van der Waals surface area contributed by atoms with Crippen LogP contribution in [0.25, 0.3) is 0 Å². The number of carbonyl (C=O) groups is 2. The molecule has 1 heterocycles. The normalized spacial score (nSPS) is 15.3. The van der Waals surface area contributed by atoms with E-state index in [1.54, 1.807) is 41.9 Å². The molecule has 1 aliphatic rings. The second-order valence-electron chi connectivity index (χ2n) is 7.12. The number of para-hydroxylation sites is 2. The van der Waals surface area contributed by atoms with Gasteiger partial charge in [0.1, 0.15) is 11.9 Å². The molecule has 0 aliphatic carbocycles. The van der Waals surface area contributed by atoms with Gasteiger partial charge in [0.15, 0.2) is 0 Å². The van der Waals surface area contributed by atoms with E-state index in [9.17, 15) is 14.0 Å². The summed E-state index contributed by atoms with van der Waals surface area (Å²) in [4.78, 5) is 26.5. The van der Waals surface area contributed by atoms with E-state index in [1.165, 1.54) is 12.1 Å². The average molecular weight is 405 g/mol. The van der Waals surface area contributed by atoms with Gasteiger partial charge in [-0.05, 0) is 47.5 Å². The largest absolute Gasteiger partial charge is 0.353 e. The third kappa shape index (κ3) is 4.01. The minimum atomic E-state index is -0.585. The fourth-order valence-corrected chi connectivity index (χ4v) is 3.62. The molecule has 30 heavy (non-hydrogen) atoms. The Morgan fingerprint density at radius 3 is 2.37 bits per heavy atom. The number of nitrogens with zero attached hydrogens (tertiary/aromatic N) is 1. The van der Waals surface area contributed by atoms with E-state index in [0.29, 0.717) is 18.5 Å². The summed E-state index contributed by atoms with van der Waals surface area (Å²) in [6.07, 6.45) is 0.422. The van der Waals surface area contributed by atoms with Gasteiger partial charge in [0.25, 0.3) is 5.91 Å². The fourth-order valence-electron chi connectivity index (χ4n) is 3.62. The Bertz CT molecular complexity index is 1070. The van der Waals surface area contributed by atoms with Crippen LogP contribution >= 0.6 is 0 Å². The van der Waals surface area contributed by atoms with E-state index in [1.807, 2.05) is 29.2 Å². The van der Waals surface area contributed by atoms with Gasteiger partial charge in [-0.2, -0.15) is 0 Å². The number of rotatable bonds is 5. The number of hydrogen-bond donors (Lipinski definition) is 3. The van der Waals surface area contributed by atoms with Gasteiger partial charge < -0.3 is 10.2 Å². The first-order valence-electron chi connectivity index (χ1n) is 9.49. The molecule has 0 radical (unpaired) electrons. The lowest BCUT2D eigenvalue weighted by Gasteiger charge is -2.38. The maximum Gasteiger partial charge on any atom is 0.274 e. The molecule has 2 amide bonds. The molecule has 152 valence electrons. The molecular formula is C23H20FN3O3. The van der Waals surface area contributed by atoms with Crippen molar-refractivity contribution in [3.63, 3.8) is 0 Å². The van der Waals surface area contributed by atoms with E-state index in [4.69, 9.17) is 5.21 Å². The molecule has 6 nitrogen and oxygen atoms in total. The molecule has 0 saturated heterocycles. The molecule has 1 atom stereocenters. The number of benzene rings is 3. The second kappa shape index (κ2) is 8.34. The topological polar surface area (TPSA) is 81.7 Å². The van der Waals surface area contributed by atoms with Crippen LogP contribution in [0.5, 0.6) is 0 Å². The quantitative estimate of drug-likeness (QED) is 0.448. The number of fused-ring (bicyclic) bond motifs is 1. The Balaban J connectivity index is 1.65. The van der Waals surface area contributed by atoms with E-state index >= 15 is 0 Å². The van der Waals surface area contributed by atoms with Crippen molar-refractivity contribution < 1.29 is 19.2 Å². The van der Waals surface area contributed by atoms with Crippen LogP contribution in [0.3, 0.4) is 0 Å². The van der Waals surface area contributed by atoms with Crippen LogP contribution in [-0.2, 0) is 17.8 Å². The van der Waals surface area contributed by atoms with Gasteiger partial charge in [-0.25, -0.2) is 9.87 Å². The first-order valence-corrected chi connectivity index (χ1v) is 9.49. The van der Waals surface area contributed by atoms with Gasteiger partial charge in [-0.3, -0.25) is 14.8 Å². The number of amides is 2. The number of hydrogen-bond acceptors (Lipinski definition) is 4. The second-order valence-corrected chi connectivity index (χ2v) is 7.12. The van der Waals surface area contributed by atoms with Crippen LogP contribution in [0.1, 0.15) is 21.5 Å². The van der Waals surface area contributed by atoms with Crippen molar-refractivity contribution in [2.24, 2.45) is 0 Å². The monoisotopic (exact) mass is 405 g/mol. The number of anilines is 2. The Kier molecular flexibility index (Phi) is 5.45. The Hall–Kier alpha value is -3.71. The minimum absolute atomic E-state index is 0.130. The van der Waals surface area contributed by atoms with Gasteiger partial charge in [0.2, 0.25) is 5.91 Å². The molecule has 0 spiro atoms. The number of halogens is 1. The van der Waals surface area contributed by atoms with Crippen molar-refractivity contribution in [2.45, 2.75) is 19.0 Å². The van der Waals surface area contributed by atoms with E-state index in [2.05, 4.69) is 5.32 Å². The fraction of sp³-hybridized carbons (Fsp3) is 0.130. The summed E-state index contributed by atoms with van der Waals surface area (Å²) in [5.41, 5.74) is 5.32. The van der Waals surface area contributed by atoms with Crippen molar-refractivity contribution in [3.8, 4) is 0 Å². The van der Waals surface area contributed by atoms with Crippen molar-refractivity contribution in [3.05, 3.63) is 95.3 Å². The lowest BCUT2D eigenvalue weighted by Crippen LogP contribution is -2.49. The average Bonchev–Trinajstić information content (AvgIpc) is 2.77. The first kappa shape index (κ1) is 19.6. The SMILES string of the molecule is O=C(NO)c1ccc(CN2c3ccccc3NC(=O)[C@H]2Cc2ccc(F)cc2)cc1. The molecular weight excluding hydrogens is 385 g/mol. The van der Waals surface area contributed by atoms with Gasteiger partial charge in [-0.1, -0.05) is 36.4 Å². The highest BCUT2D eigenvalue weighted by atomic mass is 19.1. The van der Waals surface area contributed by atoms with E-state index < -0.39 is 11.9 Å². The zero-order chi connectivity index (χ0) is 21.1. The van der Waals surface area contributed by atoms with Gasteiger partial charge in [-0.15, -0.1) is 0 Å². The first-order chi connectivity index (χ1) is 14.5. The molecule has 0 bridgehead atoms. The van der Waals surface area contributed by atoms with Crippen LogP contribution in [0.15, 0.2) is 72.8 Å². The number of carbonyl (C=O) groups excluding carboxylic acids is 2. The molecule has 3 N–H and O–H groups in total. The molecule has 4 rings (SSSR count). The number of hydroxylamine groups is 1. The Morgan fingerprint density at radius 2 is 1.67 bits per heavy atom. The molecule has 0 unspecified atom stereocenters. The summed E-state index contributed by atoms with van der Waals surface area (Å²) < 4.78 is 13.3. The highest BCUT2D eigenvalue weighted by molar-refractivity contribution is 6.03. The van der Waals surface area contributed by atoms with Crippen LogP contribution in [0.4, 0.5) is 15.8 Å².